The van der Waals surface area contributed by atoms with Gasteiger partial charge < -0.3 is 14.2 Å². The first kappa shape index (κ1) is 53.9. The minimum Gasteiger partial charge on any atom is -0.462 e. The standard InChI is InChI=1S/C50H92O6/c1-4-7-10-13-16-19-22-25-26-29-31-34-37-40-43-49(52)55-46-47(56-50(53)44-41-38-35-32-28-24-21-18-15-12-9-6-3)45-54-48(51)42-39-36-33-30-27-23-20-17-14-11-8-5-2/h7,10,16,19,47H,4-6,8-9,11-15,17-18,20-46H2,1-3H3/b10-7-,19-16-. The quantitative estimate of drug-likeness (QED) is 0.0265. The Hall–Kier alpha value is -2.11. The monoisotopic (exact) mass is 789 g/mol. The van der Waals surface area contributed by atoms with Crippen molar-refractivity contribution in [3.63, 3.8) is 0 Å². The molecule has 0 aliphatic carbocycles. The van der Waals surface area contributed by atoms with Gasteiger partial charge in [-0.3, -0.25) is 14.4 Å². The molecule has 0 aromatic carbocycles. The highest BCUT2D eigenvalue weighted by atomic mass is 16.6. The molecular formula is C50H92O6. The number of carbonyl (C=O) groups is 3. The second-order valence-corrected chi connectivity index (χ2v) is 16.4. The lowest BCUT2D eigenvalue weighted by Gasteiger charge is -2.18. The maximum absolute atomic E-state index is 12.7. The van der Waals surface area contributed by atoms with Crippen molar-refractivity contribution < 1.29 is 28.6 Å². The van der Waals surface area contributed by atoms with Crippen LogP contribution in [0.2, 0.25) is 0 Å². The van der Waals surface area contributed by atoms with Crippen molar-refractivity contribution in [2.45, 2.75) is 264 Å². The van der Waals surface area contributed by atoms with E-state index in [1.807, 2.05) is 0 Å². The van der Waals surface area contributed by atoms with Gasteiger partial charge in [-0.2, -0.15) is 0 Å². The van der Waals surface area contributed by atoms with Gasteiger partial charge in [-0.1, -0.05) is 218 Å². The number of unbranched alkanes of at least 4 members (excludes halogenated alkanes) is 29. The molecule has 0 aromatic heterocycles. The van der Waals surface area contributed by atoms with Crippen molar-refractivity contribution in [2.75, 3.05) is 13.2 Å². The van der Waals surface area contributed by atoms with Gasteiger partial charge >= 0.3 is 17.9 Å². The van der Waals surface area contributed by atoms with Crippen LogP contribution in [-0.2, 0) is 28.6 Å². The van der Waals surface area contributed by atoms with Crippen LogP contribution in [0, 0.1) is 0 Å². The summed E-state index contributed by atoms with van der Waals surface area (Å²) in [7, 11) is 0. The van der Waals surface area contributed by atoms with Crippen molar-refractivity contribution in [1.82, 2.24) is 0 Å². The van der Waals surface area contributed by atoms with Gasteiger partial charge in [0.15, 0.2) is 6.10 Å². The van der Waals surface area contributed by atoms with Crippen LogP contribution in [-0.4, -0.2) is 37.2 Å². The van der Waals surface area contributed by atoms with E-state index in [1.54, 1.807) is 0 Å². The van der Waals surface area contributed by atoms with E-state index in [-0.39, 0.29) is 31.1 Å². The van der Waals surface area contributed by atoms with Gasteiger partial charge in [0.05, 0.1) is 0 Å². The fourth-order valence-electron chi connectivity index (χ4n) is 7.07. The molecule has 0 saturated heterocycles. The van der Waals surface area contributed by atoms with Crippen molar-refractivity contribution in [2.24, 2.45) is 0 Å². The second-order valence-electron chi connectivity index (χ2n) is 16.4. The Balaban J connectivity index is 4.34. The average Bonchev–Trinajstić information content (AvgIpc) is 3.19. The van der Waals surface area contributed by atoms with E-state index in [1.165, 1.54) is 141 Å². The number of hydrogen-bond donors (Lipinski definition) is 0. The Morgan fingerprint density at radius 3 is 1.07 bits per heavy atom. The van der Waals surface area contributed by atoms with Gasteiger partial charge in [-0.05, 0) is 44.9 Å². The predicted octanol–water partition coefficient (Wildman–Crippen LogP) is 15.6. The summed E-state index contributed by atoms with van der Waals surface area (Å²) in [5.41, 5.74) is 0. The molecule has 328 valence electrons. The molecule has 0 bridgehead atoms. The molecule has 0 aromatic rings. The molecule has 0 fully saturated rings. The first-order valence-corrected chi connectivity index (χ1v) is 24.3. The Labute approximate surface area is 347 Å². The number of rotatable bonds is 44. The van der Waals surface area contributed by atoms with Crippen LogP contribution >= 0.6 is 0 Å². The molecule has 6 heteroatoms. The molecule has 0 aliphatic heterocycles. The normalized spacial score (nSPS) is 12.1. The third kappa shape index (κ3) is 43.0. The first-order chi connectivity index (χ1) is 27.5. The molecule has 0 N–H and O–H groups in total. The molecule has 0 saturated carbocycles. The summed E-state index contributed by atoms with van der Waals surface area (Å²) in [6.07, 6.45) is 50.1. The lowest BCUT2D eigenvalue weighted by Crippen LogP contribution is -2.30. The molecule has 0 rings (SSSR count). The Kier molecular flexibility index (Phi) is 43.9. The van der Waals surface area contributed by atoms with Crippen LogP contribution in [0.3, 0.4) is 0 Å². The summed E-state index contributed by atoms with van der Waals surface area (Å²) < 4.78 is 16.7. The molecule has 0 aliphatic rings. The van der Waals surface area contributed by atoms with Gasteiger partial charge in [0, 0.05) is 19.3 Å². The van der Waals surface area contributed by atoms with E-state index in [0.29, 0.717) is 19.3 Å². The summed E-state index contributed by atoms with van der Waals surface area (Å²) in [5, 5.41) is 0. The van der Waals surface area contributed by atoms with Crippen molar-refractivity contribution in [1.29, 1.82) is 0 Å². The van der Waals surface area contributed by atoms with Gasteiger partial charge in [0.1, 0.15) is 13.2 Å². The third-order valence-corrected chi connectivity index (χ3v) is 10.7. The Morgan fingerprint density at radius 1 is 0.375 bits per heavy atom. The maximum Gasteiger partial charge on any atom is 0.306 e. The molecule has 6 nitrogen and oxygen atoms in total. The fourth-order valence-corrected chi connectivity index (χ4v) is 7.07. The van der Waals surface area contributed by atoms with Crippen LogP contribution in [0.5, 0.6) is 0 Å². The lowest BCUT2D eigenvalue weighted by molar-refractivity contribution is -0.167. The molecule has 56 heavy (non-hydrogen) atoms. The summed E-state index contributed by atoms with van der Waals surface area (Å²) in [5.74, 6) is -0.868. The van der Waals surface area contributed by atoms with Crippen LogP contribution in [0.1, 0.15) is 258 Å². The summed E-state index contributed by atoms with van der Waals surface area (Å²) in [6, 6.07) is 0. The van der Waals surface area contributed by atoms with Crippen LogP contribution in [0.15, 0.2) is 24.3 Å². The van der Waals surface area contributed by atoms with Crippen LogP contribution in [0.25, 0.3) is 0 Å². The van der Waals surface area contributed by atoms with E-state index < -0.39 is 6.10 Å². The second kappa shape index (κ2) is 45.6. The highest BCUT2D eigenvalue weighted by molar-refractivity contribution is 5.71. The van der Waals surface area contributed by atoms with E-state index >= 15 is 0 Å². The largest absolute Gasteiger partial charge is 0.462 e. The van der Waals surface area contributed by atoms with Gasteiger partial charge in [0.2, 0.25) is 0 Å². The molecule has 1 unspecified atom stereocenters. The van der Waals surface area contributed by atoms with E-state index in [2.05, 4.69) is 45.1 Å². The number of carbonyl (C=O) groups excluding carboxylic acids is 3. The van der Waals surface area contributed by atoms with Gasteiger partial charge in [0.25, 0.3) is 0 Å². The van der Waals surface area contributed by atoms with Crippen LogP contribution in [0.4, 0.5) is 0 Å². The number of allylic oxidation sites excluding steroid dienone is 4. The molecule has 0 amide bonds. The minimum absolute atomic E-state index is 0.0692. The Bertz CT molecular complexity index is 911. The molecule has 1 atom stereocenters. The van der Waals surface area contributed by atoms with E-state index in [0.717, 1.165) is 77.0 Å². The van der Waals surface area contributed by atoms with Crippen molar-refractivity contribution in [3.8, 4) is 0 Å². The summed E-state index contributed by atoms with van der Waals surface area (Å²) >= 11 is 0. The SMILES string of the molecule is CC/C=C\C/C=C\CCCCCCCCCC(=O)OCC(COC(=O)CCCCCCCCCCCCCC)OC(=O)CCCCCCCCCCCCCC. The summed E-state index contributed by atoms with van der Waals surface area (Å²) in [6.45, 7) is 6.53. The van der Waals surface area contributed by atoms with Crippen molar-refractivity contribution >= 4 is 17.9 Å². The zero-order valence-electron chi connectivity index (χ0n) is 37.4. The fraction of sp³-hybridized carbons (Fsp3) is 0.860. The maximum atomic E-state index is 12.7. The molecule has 0 radical (unpaired) electrons. The number of hydrogen-bond acceptors (Lipinski definition) is 6. The Morgan fingerprint density at radius 2 is 0.696 bits per heavy atom. The number of esters is 3. The highest BCUT2D eigenvalue weighted by Gasteiger charge is 2.19. The zero-order chi connectivity index (χ0) is 40.8. The first-order valence-electron chi connectivity index (χ1n) is 24.3. The zero-order valence-corrected chi connectivity index (χ0v) is 37.4. The lowest BCUT2D eigenvalue weighted by atomic mass is 10.0. The van der Waals surface area contributed by atoms with E-state index in [9.17, 15) is 14.4 Å². The number of ether oxygens (including phenoxy) is 3. The van der Waals surface area contributed by atoms with Crippen molar-refractivity contribution in [3.05, 3.63) is 24.3 Å². The average molecular weight is 789 g/mol. The van der Waals surface area contributed by atoms with Crippen LogP contribution < -0.4 is 0 Å². The molecule has 0 spiro atoms. The minimum atomic E-state index is -0.766. The third-order valence-electron chi connectivity index (χ3n) is 10.7. The predicted molar refractivity (Wildman–Crippen MR) is 238 cm³/mol. The van der Waals surface area contributed by atoms with Gasteiger partial charge in [-0.25, -0.2) is 0 Å². The highest BCUT2D eigenvalue weighted by Crippen LogP contribution is 2.16. The van der Waals surface area contributed by atoms with Gasteiger partial charge in [-0.15, -0.1) is 0 Å². The smallest absolute Gasteiger partial charge is 0.306 e. The molecular weight excluding hydrogens is 697 g/mol. The van der Waals surface area contributed by atoms with E-state index in [4.69, 9.17) is 14.2 Å². The molecule has 0 heterocycles. The summed E-state index contributed by atoms with van der Waals surface area (Å²) in [4.78, 5) is 37.8. The topological polar surface area (TPSA) is 78.9 Å².